The lowest BCUT2D eigenvalue weighted by Crippen LogP contribution is -2.42. The highest BCUT2D eigenvalue weighted by atomic mass is 16.2. The molecule has 20 heavy (non-hydrogen) atoms. The van der Waals surface area contributed by atoms with Gasteiger partial charge in [-0.15, -0.1) is 0 Å². The molecule has 1 saturated heterocycles. The van der Waals surface area contributed by atoms with Gasteiger partial charge in [-0.05, 0) is 57.0 Å². The van der Waals surface area contributed by atoms with Crippen LogP contribution in [0.25, 0.3) is 0 Å². The molecule has 0 spiro atoms. The number of amides is 1. The maximum absolute atomic E-state index is 12.4. The highest BCUT2D eigenvalue weighted by molar-refractivity contribution is 5.94. The first-order valence-electron chi connectivity index (χ1n) is 7.84. The molecule has 1 unspecified atom stereocenters. The second-order valence-corrected chi connectivity index (χ2v) is 5.67. The molecule has 1 fully saturated rings. The van der Waals surface area contributed by atoms with Crippen LogP contribution in [0.5, 0.6) is 0 Å². The number of anilines is 1. The summed E-state index contributed by atoms with van der Waals surface area (Å²) in [5, 5.41) is 3.05. The SMILES string of the molecule is CCc1cccc(NC(=O)C(C)N2CCCCCC2)c1. The molecule has 1 heterocycles. The van der Waals surface area contributed by atoms with E-state index in [0.717, 1.165) is 25.2 Å². The number of nitrogens with zero attached hydrogens (tertiary/aromatic N) is 1. The van der Waals surface area contributed by atoms with Gasteiger partial charge in [0.15, 0.2) is 0 Å². The number of carbonyl (C=O) groups excluding carboxylic acids is 1. The molecule has 110 valence electrons. The molecule has 0 aliphatic carbocycles. The van der Waals surface area contributed by atoms with Crippen LogP contribution >= 0.6 is 0 Å². The third-order valence-electron chi connectivity index (χ3n) is 4.17. The van der Waals surface area contributed by atoms with Crippen LogP contribution in [0, 0.1) is 0 Å². The maximum Gasteiger partial charge on any atom is 0.241 e. The molecule has 2 rings (SSSR count). The van der Waals surface area contributed by atoms with Gasteiger partial charge in [0.05, 0.1) is 6.04 Å². The zero-order valence-corrected chi connectivity index (χ0v) is 12.7. The van der Waals surface area contributed by atoms with E-state index >= 15 is 0 Å². The van der Waals surface area contributed by atoms with Crippen LogP contribution in [-0.4, -0.2) is 29.9 Å². The molecule has 1 aliphatic heterocycles. The summed E-state index contributed by atoms with van der Waals surface area (Å²) in [5.41, 5.74) is 2.17. The number of carbonyl (C=O) groups is 1. The molecule has 3 heteroatoms. The summed E-state index contributed by atoms with van der Waals surface area (Å²) >= 11 is 0. The van der Waals surface area contributed by atoms with Gasteiger partial charge >= 0.3 is 0 Å². The van der Waals surface area contributed by atoms with Gasteiger partial charge < -0.3 is 5.32 Å². The monoisotopic (exact) mass is 274 g/mol. The number of nitrogens with one attached hydrogen (secondary N) is 1. The van der Waals surface area contributed by atoms with Gasteiger partial charge in [0, 0.05) is 5.69 Å². The van der Waals surface area contributed by atoms with Crippen molar-refractivity contribution in [1.29, 1.82) is 0 Å². The highest BCUT2D eigenvalue weighted by Gasteiger charge is 2.21. The van der Waals surface area contributed by atoms with Crippen molar-refractivity contribution in [2.24, 2.45) is 0 Å². The summed E-state index contributed by atoms with van der Waals surface area (Å²) in [6.07, 6.45) is 6.00. The summed E-state index contributed by atoms with van der Waals surface area (Å²) < 4.78 is 0. The van der Waals surface area contributed by atoms with E-state index in [-0.39, 0.29) is 11.9 Å². The molecule has 1 amide bonds. The molecular formula is C17H26N2O. The van der Waals surface area contributed by atoms with Gasteiger partial charge in [-0.3, -0.25) is 9.69 Å². The van der Waals surface area contributed by atoms with Gasteiger partial charge in [0.25, 0.3) is 0 Å². The van der Waals surface area contributed by atoms with Crippen molar-refractivity contribution in [3.05, 3.63) is 29.8 Å². The van der Waals surface area contributed by atoms with E-state index in [1.165, 1.54) is 31.2 Å². The van der Waals surface area contributed by atoms with Crippen LogP contribution in [0.4, 0.5) is 5.69 Å². The maximum atomic E-state index is 12.4. The molecule has 1 aromatic carbocycles. The minimum Gasteiger partial charge on any atom is -0.325 e. The summed E-state index contributed by atoms with van der Waals surface area (Å²) in [6, 6.07) is 8.08. The average Bonchev–Trinajstić information content (AvgIpc) is 2.75. The number of rotatable bonds is 4. The standard InChI is InChI=1S/C17H26N2O/c1-3-15-9-8-10-16(13-15)18-17(20)14(2)19-11-6-4-5-7-12-19/h8-10,13-14H,3-7,11-12H2,1-2H3,(H,18,20). The topological polar surface area (TPSA) is 32.3 Å². The molecule has 1 aliphatic rings. The van der Waals surface area contributed by atoms with Crippen LogP contribution in [0.1, 0.15) is 45.1 Å². The number of hydrogen-bond acceptors (Lipinski definition) is 2. The first-order valence-corrected chi connectivity index (χ1v) is 7.84. The normalized spacial score (nSPS) is 18.3. The second kappa shape index (κ2) is 7.44. The minimum atomic E-state index is -0.0432. The van der Waals surface area contributed by atoms with Crippen molar-refractivity contribution in [2.45, 2.75) is 52.0 Å². The molecule has 1 aromatic rings. The van der Waals surface area contributed by atoms with Crippen molar-refractivity contribution in [1.82, 2.24) is 4.90 Å². The quantitative estimate of drug-likeness (QED) is 0.912. The van der Waals surface area contributed by atoms with Gasteiger partial charge in [-0.25, -0.2) is 0 Å². The van der Waals surface area contributed by atoms with Gasteiger partial charge in [0.1, 0.15) is 0 Å². The zero-order valence-electron chi connectivity index (χ0n) is 12.7. The van der Waals surface area contributed by atoms with E-state index in [2.05, 4.69) is 29.3 Å². The lowest BCUT2D eigenvalue weighted by atomic mass is 10.1. The molecule has 0 radical (unpaired) electrons. The summed E-state index contributed by atoms with van der Waals surface area (Å²) in [4.78, 5) is 14.7. The summed E-state index contributed by atoms with van der Waals surface area (Å²) in [6.45, 7) is 6.23. The molecule has 0 aromatic heterocycles. The Morgan fingerprint density at radius 1 is 1.25 bits per heavy atom. The smallest absolute Gasteiger partial charge is 0.241 e. The van der Waals surface area contributed by atoms with Crippen molar-refractivity contribution >= 4 is 11.6 Å². The third kappa shape index (κ3) is 4.07. The third-order valence-corrected chi connectivity index (χ3v) is 4.17. The summed E-state index contributed by atoms with van der Waals surface area (Å²) in [5.74, 6) is 0.111. The lowest BCUT2D eigenvalue weighted by Gasteiger charge is -2.26. The van der Waals surface area contributed by atoms with Crippen LogP contribution in [0.2, 0.25) is 0 Å². The van der Waals surface area contributed by atoms with Crippen LogP contribution in [0.3, 0.4) is 0 Å². The van der Waals surface area contributed by atoms with E-state index in [1.807, 2.05) is 19.1 Å². The molecule has 0 bridgehead atoms. The average molecular weight is 274 g/mol. The molecule has 3 nitrogen and oxygen atoms in total. The minimum absolute atomic E-state index is 0.0432. The Kier molecular flexibility index (Phi) is 5.60. The summed E-state index contributed by atoms with van der Waals surface area (Å²) in [7, 11) is 0. The molecule has 0 saturated carbocycles. The Morgan fingerprint density at radius 3 is 2.60 bits per heavy atom. The number of likely N-dealkylation sites (tertiary alicyclic amines) is 1. The highest BCUT2D eigenvalue weighted by Crippen LogP contribution is 2.15. The van der Waals surface area contributed by atoms with Crippen LogP contribution in [0.15, 0.2) is 24.3 Å². The molecule has 1 atom stereocenters. The fourth-order valence-electron chi connectivity index (χ4n) is 2.76. The van der Waals surface area contributed by atoms with Gasteiger partial charge in [0.2, 0.25) is 5.91 Å². The van der Waals surface area contributed by atoms with E-state index < -0.39 is 0 Å². The Morgan fingerprint density at radius 2 is 1.95 bits per heavy atom. The first-order chi connectivity index (χ1) is 9.70. The first kappa shape index (κ1) is 15.0. The molecule has 1 N–H and O–H groups in total. The van der Waals surface area contributed by atoms with E-state index in [9.17, 15) is 4.79 Å². The predicted molar refractivity (Wildman–Crippen MR) is 84.0 cm³/mol. The predicted octanol–water partition coefficient (Wildman–Crippen LogP) is 3.45. The van der Waals surface area contributed by atoms with Crippen molar-refractivity contribution < 1.29 is 4.79 Å². The van der Waals surface area contributed by atoms with E-state index in [4.69, 9.17) is 0 Å². The second-order valence-electron chi connectivity index (χ2n) is 5.67. The number of hydrogen-bond donors (Lipinski definition) is 1. The van der Waals surface area contributed by atoms with E-state index in [1.54, 1.807) is 0 Å². The molecular weight excluding hydrogens is 248 g/mol. The van der Waals surface area contributed by atoms with E-state index in [0.29, 0.717) is 0 Å². The van der Waals surface area contributed by atoms with Gasteiger partial charge in [-0.1, -0.05) is 31.9 Å². The van der Waals surface area contributed by atoms with Gasteiger partial charge in [-0.2, -0.15) is 0 Å². The van der Waals surface area contributed by atoms with Crippen LogP contribution < -0.4 is 5.32 Å². The number of benzene rings is 1. The lowest BCUT2D eigenvalue weighted by molar-refractivity contribution is -0.120. The Labute approximate surface area is 122 Å². The fourth-order valence-corrected chi connectivity index (χ4v) is 2.76. The van der Waals surface area contributed by atoms with Crippen molar-refractivity contribution in [3.8, 4) is 0 Å². The Balaban J connectivity index is 1.95. The Bertz CT molecular complexity index is 436. The Hall–Kier alpha value is -1.35. The largest absolute Gasteiger partial charge is 0.325 e. The van der Waals surface area contributed by atoms with Crippen molar-refractivity contribution in [3.63, 3.8) is 0 Å². The van der Waals surface area contributed by atoms with Crippen LogP contribution in [-0.2, 0) is 11.2 Å². The number of aryl methyl sites for hydroxylation is 1. The zero-order chi connectivity index (χ0) is 14.4. The van der Waals surface area contributed by atoms with Crippen molar-refractivity contribution in [2.75, 3.05) is 18.4 Å². The fraction of sp³-hybridized carbons (Fsp3) is 0.588.